The molecule has 0 radical (unpaired) electrons. The first-order valence-corrected chi connectivity index (χ1v) is 6.34. The van der Waals surface area contributed by atoms with Gasteiger partial charge in [-0.1, -0.05) is 6.92 Å². The van der Waals surface area contributed by atoms with E-state index in [1.54, 1.807) is 0 Å². The molecule has 0 aromatic rings. The quantitative estimate of drug-likeness (QED) is 0.760. The number of carbonyl (C=O) groups is 1. The number of piperidine rings is 1. The van der Waals surface area contributed by atoms with Gasteiger partial charge >= 0.3 is 0 Å². The van der Waals surface area contributed by atoms with Crippen molar-refractivity contribution in [3.63, 3.8) is 0 Å². The van der Waals surface area contributed by atoms with Crippen LogP contribution in [0.3, 0.4) is 0 Å². The first-order valence-electron chi connectivity index (χ1n) is 6.34. The van der Waals surface area contributed by atoms with E-state index in [0.29, 0.717) is 17.9 Å². The highest BCUT2D eigenvalue weighted by atomic mass is 16.2. The van der Waals surface area contributed by atoms with Crippen molar-refractivity contribution in [2.24, 2.45) is 5.92 Å². The van der Waals surface area contributed by atoms with Crippen molar-refractivity contribution in [3.05, 3.63) is 0 Å². The maximum absolute atomic E-state index is 12.3. The molecule has 2 aliphatic rings. The summed E-state index contributed by atoms with van der Waals surface area (Å²) in [4.78, 5) is 14.4. The third-order valence-corrected chi connectivity index (χ3v) is 3.42. The van der Waals surface area contributed by atoms with Gasteiger partial charge in [-0.3, -0.25) is 4.79 Å². The Morgan fingerprint density at radius 1 is 1.27 bits per heavy atom. The zero-order valence-electron chi connectivity index (χ0n) is 9.67. The van der Waals surface area contributed by atoms with Crippen LogP contribution in [-0.2, 0) is 4.79 Å². The molecule has 1 aliphatic heterocycles. The average Bonchev–Trinajstić information content (AvgIpc) is 3.10. The highest BCUT2D eigenvalue weighted by Gasteiger charge is 2.35. The fourth-order valence-electron chi connectivity index (χ4n) is 2.40. The normalized spacial score (nSPS) is 22.7. The van der Waals surface area contributed by atoms with E-state index in [1.165, 1.54) is 12.8 Å². The van der Waals surface area contributed by atoms with Crippen molar-refractivity contribution in [2.75, 3.05) is 19.6 Å². The summed E-state index contributed by atoms with van der Waals surface area (Å²) in [5.74, 6) is 0.735. The standard InChI is InChI=1S/C12H22N2O/c1-2-9-14(11-3-4-11)12(15)10-5-7-13-8-6-10/h10-11,13H,2-9H2,1H3. The summed E-state index contributed by atoms with van der Waals surface area (Å²) in [7, 11) is 0. The van der Waals surface area contributed by atoms with Gasteiger partial charge in [-0.25, -0.2) is 0 Å². The molecule has 86 valence electrons. The van der Waals surface area contributed by atoms with Crippen molar-refractivity contribution in [2.45, 2.75) is 45.1 Å². The minimum Gasteiger partial charge on any atom is -0.339 e. The minimum absolute atomic E-state index is 0.304. The van der Waals surface area contributed by atoms with Gasteiger partial charge in [0.1, 0.15) is 0 Å². The summed E-state index contributed by atoms with van der Waals surface area (Å²) in [6.07, 6.45) is 5.62. The Balaban J connectivity index is 1.90. The fraction of sp³-hybridized carbons (Fsp3) is 0.917. The lowest BCUT2D eigenvalue weighted by Crippen LogP contribution is -2.42. The number of rotatable bonds is 4. The van der Waals surface area contributed by atoms with E-state index >= 15 is 0 Å². The molecule has 1 aliphatic carbocycles. The molecule has 1 saturated heterocycles. The lowest BCUT2D eigenvalue weighted by molar-refractivity contribution is -0.137. The Hall–Kier alpha value is -0.570. The van der Waals surface area contributed by atoms with Crippen LogP contribution < -0.4 is 5.32 Å². The van der Waals surface area contributed by atoms with E-state index in [-0.39, 0.29) is 0 Å². The minimum atomic E-state index is 0.304. The number of carbonyl (C=O) groups excluding carboxylic acids is 1. The molecule has 1 amide bonds. The molecule has 0 aromatic carbocycles. The van der Waals surface area contributed by atoms with Gasteiger partial charge < -0.3 is 10.2 Å². The number of hydrogen-bond donors (Lipinski definition) is 1. The van der Waals surface area contributed by atoms with E-state index in [9.17, 15) is 4.79 Å². The zero-order valence-corrected chi connectivity index (χ0v) is 9.67. The van der Waals surface area contributed by atoms with Gasteiger partial charge in [0.25, 0.3) is 0 Å². The molecule has 3 nitrogen and oxygen atoms in total. The highest BCUT2D eigenvalue weighted by Crippen LogP contribution is 2.29. The maximum atomic E-state index is 12.3. The number of amides is 1. The van der Waals surface area contributed by atoms with Gasteiger partial charge in [0.2, 0.25) is 5.91 Å². The molecule has 0 atom stereocenters. The van der Waals surface area contributed by atoms with Crippen LogP contribution in [0.15, 0.2) is 0 Å². The molecular formula is C12H22N2O. The Morgan fingerprint density at radius 2 is 1.93 bits per heavy atom. The van der Waals surface area contributed by atoms with Gasteiger partial charge in [-0.05, 0) is 45.2 Å². The molecule has 1 N–H and O–H groups in total. The molecular weight excluding hydrogens is 188 g/mol. The Bertz CT molecular complexity index is 220. The maximum Gasteiger partial charge on any atom is 0.226 e. The molecule has 15 heavy (non-hydrogen) atoms. The molecule has 1 heterocycles. The van der Waals surface area contributed by atoms with Gasteiger partial charge in [0, 0.05) is 18.5 Å². The van der Waals surface area contributed by atoms with Gasteiger partial charge in [-0.15, -0.1) is 0 Å². The second-order valence-electron chi connectivity index (χ2n) is 4.79. The summed E-state index contributed by atoms with van der Waals surface area (Å²) in [5.41, 5.74) is 0. The fourth-order valence-corrected chi connectivity index (χ4v) is 2.40. The van der Waals surface area contributed by atoms with Crippen molar-refractivity contribution < 1.29 is 4.79 Å². The third kappa shape index (κ3) is 2.71. The van der Waals surface area contributed by atoms with Crippen LogP contribution in [0.5, 0.6) is 0 Å². The van der Waals surface area contributed by atoms with Crippen molar-refractivity contribution >= 4 is 5.91 Å². The number of nitrogens with zero attached hydrogens (tertiary/aromatic N) is 1. The largest absolute Gasteiger partial charge is 0.339 e. The smallest absolute Gasteiger partial charge is 0.226 e. The monoisotopic (exact) mass is 210 g/mol. The van der Waals surface area contributed by atoms with Gasteiger partial charge in [-0.2, -0.15) is 0 Å². The summed E-state index contributed by atoms with van der Waals surface area (Å²) < 4.78 is 0. The first-order chi connectivity index (χ1) is 7.33. The summed E-state index contributed by atoms with van der Waals surface area (Å²) >= 11 is 0. The SMILES string of the molecule is CCCN(C(=O)C1CCNCC1)C1CC1. The Kier molecular flexibility index (Phi) is 3.62. The molecule has 2 rings (SSSR count). The van der Waals surface area contributed by atoms with Crippen LogP contribution in [0, 0.1) is 5.92 Å². The molecule has 0 bridgehead atoms. The second-order valence-corrected chi connectivity index (χ2v) is 4.79. The van der Waals surface area contributed by atoms with E-state index < -0.39 is 0 Å². The molecule has 0 spiro atoms. The van der Waals surface area contributed by atoms with Crippen LogP contribution in [0.1, 0.15) is 39.0 Å². The molecule has 0 unspecified atom stereocenters. The lowest BCUT2D eigenvalue weighted by atomic mass is 9.96. The van der Waals surface area contributed by atoms with Crippen LogP contribution in [-0.4, -0.2) is 36.5 Å². The van der Waals surface area contributed by atoms with Crippen molar-refractivity contribution in [1.82, 2.24) is 10.2 Å². The van der Waals surface area contributed by atoms with Crippen LogP contribution in [0.2, 0.25) is 0 Å². The van der Waals surface area contributed by atoms with E-state index in [0.717, 1.165) is 38.9 Å². The summed E-state index contributed by atoms with van der Waals surface area (Å²) in [6.45, 7) is 5.15. The number of hydrogen-bond acceptors (Lipinski definition) is 2. The van der Waals surface area contributed by atoms with Crippen molar-refractivity contribution in [1.29, 1.82) is 0 Å². The average molecular weight is 210 g/mol. The molecule has 2 fully saturated rings. The van der Waals surface area contributed by atoms with Crippen molar-refractivity contribution in [3.8, 4) is 0 Å². The second kappa shape index (κ2) is 4.97. The topological polar surface area (TPSA) is 32.3 Å². The molecule has 3 heteroatoms. The van der Waals surface area contributed by atoms with E-state index in [1.807, 2.05) is 0 Å². The highest BCUT2D eigenvalue weighted by molar-refractivity contribution is 5.79. The Morgan fingerprint density at radius 3 is 2.47 bits per heavy atom. The molecule has 1 saturated carbocycles. The third-order valence-electron chi connectivity index (χ3n) is 3.42. The first kappa shape index (κ1) is 10.9. The van der Waals surface area contributed by atoms with Gasteiger partial charge in [0.05, 0.1) is 0 Å². The zero-order chi connectivity index (χ0) is 10.7. The van der Waals surface area contributed by atoms with E-state index in [2.05, 4.69) is 17.1 Å². The summed E-state index contributed by atoms with van der Waals surface area (Å²) in [6, 6.07) is 0.590. The van der Waals surface area contributed by atoms with E-state index in [4.69, 9.17) is 0 Å². The summed E-state index contributed by atoms with van der Waals surface area (Å²) in [5, 5.41) is 3.31. The van der Waals surface area contributed by atoms with Crippen LogP contribution in [0.4, 0.5) is 0 Å². The molecule has 0 aromatic heterocycles. The van der Waals surface area contributed by atoms with Crippen LogP contribution in [0.25, 0.3) is 0 Å². The van der Waals surface area contributed by atoms with Crippen LogP contribution >= 0.6 is 0 Å². The predicted molar refractivity (Wildman–Crippen MR) is 60.6 cm³/mol. The van der Waals surface area contributed by atoms with Gasteiger partial charge in [0.15, 0.2) is 0 Å². The number of nitrogens with one attached hydrogen (secondary N) is 1. The Labute approximate surface area is 92.2 Å². The lowest BCUT2D eigenvalue weighted by Gasteiger charge is -2.29. The predicted octanol–water partition coefficient (Wildman–Crippen LogP) is 1.39.